The van der Waals surface area contributed by atoms with Crippen molar-refractivity contribution in [2.75, 3.05) is 39.0 Å². The maximum atomic E-state index is 12.4. The Hall–Kier alpha value is -2.24. The van der Waals surface area contributed by atoms with E-state index in [0.717, 1.165) is 0 Å². The van der Waals surface area contributed by atoms with Gasteiger partial charge in [-0.2, -0.15) is 0 Å². The summed E-state index contributed by atoms with van der Waals surface area (Å²) < 4.78 is 5.12. The number of nitrogen functional groups attached to an aromatic ring is 1. The summed E-state index contributed by atoms with van der Waals surface area (Å²) in [6, 6.07) is 5.00. The van der Waals surface area contributed by atoms with Gasteiger partial charge in [0.2, 0.25) is 5.91 Å². The van der Waals surface area contributed by atoms with Crippen molar-refractivity contribution in [3.63, 3.8) is 0 Å². The molecule has 0 unspecified atom stereocenters. The number of methoxy groups -OCH3 is 1. The predicted octanol–water partition coefficient (Wildman–Crippen LogP) is 0.582. The van der Waals surface area contributed by atoms with Gasteiger partial charge in [-0.1, -0.05) is 0 Å². The first-order valence-corrected chi connectivity index (χ1v) is 6.51. The summed E-state index contributed by atoms with van der Waals surface area (Å²) in [6.07, 6.45) is 0. The van der Waals surface area contributed by atoms with Gasteiger partial charge in [0.15, 0.2) is 0 Å². The zero-order valence-electron chi connectivity index (χ0n) is 11.8. The van der Waals surface area contributed by atoms with Gasteiger partial charge in [-0.05, 0) is 18.2 Å². The van der Waals surface area contributed by atoms with E-state index < -0.39 is 0 Å². The summed E-state index contributed by atoms with van der Waals surface area (Å²) >= 11 is 0. The third kappa shape index (κ3) is 2.84. The van der Waals surface area contributed by atoms with E-state index in [2.05, 4.69) is 0 Å². The highest BCUT2D eigenvalue weighted by Gasteiger charge is 2.23. The lowest BCUT2D eigenvalue weighted by atomic mass is 10.1. The second-order valence-corrected chi connectivity index (χ2v) is 4.75. The fourth-order valence-electron chi connectivity index (χ4n) is 2.25. The number of ether oxygens (including phenoxy) is 1. The molecule has 0 spiro atoms. The van der Waals surface area contributed by atoms with Crippen molar-refractivity contribution in [3.05, 3.63) is 23.8 Å². The Morgan fingerprint density at radius 2 is 1.75 bits per heavy atom. The van der Waals surface area contributed by atoms with Crippen LogP contribution in [0.1, 0.15) is 17.3 Å². The number of rotatable bonds is 2. The molecule has 1 aliphatic rings. The molecule has 2 amide bonds. The van der Waals surface area contributed by atoms with Gasteiger partial charge in [-0.25, -0.2) is 0 Å². The Bertz CT molecular complexity index is 522. The van der Waals surface area contributed by atoms with Gasteiger partial charge in [-0.3, -0.25) is 9.59 Å². The molecule has 0 aliphatic carbocycles. The molecule has 0 bridgehead atoms. The molecule has 1 saturated heterocycles. The van der Waals surface area contributed by atoms with Crippen molar-refractivity contribution < 1.29 is 14.3 Å². The molecular weight excluding hydrogens is 258 g/mol. The second kappa shape index (κ2) is 5.81. The maximum absolute atomic E-state index is 12.4. The molecule has 1 aromatic carbocycles. The lowest BCUT2D eigenvalue weighted by molar-refractivity contribution is -0.130. The van der Waals surface area contributed by atoms with Crippen LogP contribution < -0.4 is 10.5 Å². The minimum atomic E-state index is -0.0634. The summed E-state index contributed by atoms with van der Waals surface area (Å²) in [6.45, 7) is 3.79. The number of carbonyl (C=O) groups is 2. The summed E-state index contributed by atoms with van der Waals surface area (Å²) in [5, 5.41) is 0. The molecular formula is C14H19N3O3. The molecule has 1 aromatic rings. The van der Waals surface area contributed by atoms with Gasteiger partial charge in [0.1, 0.15) is 5.75 Å². The highest BCUT2D eigenvalue weighted by Crippen LogP contribution is 2.23. The minimum absolute atomic E-state index is 0.0475. The number of carbonyl (C=O) groups excluding carboxylic acids is 2. The molecule has 1 heterocycles. The second-order valence-electron chi connectivity index (χ2n) is 4.75. The average Bonchev–Trinajstić information content (AvgIpc) is 2.47. The summed E-state index contributed by atoms with van der Waals surface area (Å²) in [5.74, 6) is 0.482. The van der Waals surface area contributed by atoms with Gasteiger partial charge >= 0.3 is 0 Å². The number of benzene rings is 1. The van der Waals surface area contributed by atoms with E-state index >= 15 is 0 Å². The molecule has 0 aromatic heterocycles. The van der Waals surface area contributed by atoms with E-state index in [-0.39, 0.29) is 11.8 Å². The topological polar surface area (TPSA) is 75.9 Å². The van der Waals surface area contributed by atoms with Crippen molar-refractivity contribution in [2.24, 2.45) is 0 Å². The van der Waals surface area contributed by atoms with Gasteiger partial charge in [-0.15, -0.1) is 0 Å². The Kier molecular flexibility index (Phi) is 4.12. The van der Waals surface area contributed by atoms with Crippen LogP contribution in [0.15, 0.2) is 18.2 Å². The number of piperazine rings is 1. The molecule has 0 radical (unpaired) electrons. The lowest BCUT2D eigenvalue weighted by Gasteiger charge is -2.34. The molecule has 6 heteroatoms. The number of amides is 2. The smallest absolute Gasteiger partial charge is 0.254 e. The average molecular weight is 277 g/mol. The van der Waals surface area contributed by atoms with E-state index in [0.29, 0.717) is 43.2 Å². The highest BCUT2D eigenvalue weighted by molar-refractivity contribution is 5.95. The van der Waals surface area contributed by atoms with Crippen molar-refractivity contribution >= 4 is 17.5 Å². The third-order valence-electron chi connectivity index (χ3n) is 3.49. The number of nitrogens with zero attached hydrogens (tertiary/aromatic N) is 2. The first-order valence-electron chi connectivity index (χ1n) is 6.51. The van der Waals surface area contributed by atoms with Crippen LogP contribution in [0.25, 0.3) is 0 Å². The standard InChI is InChI=1S/C14H19N3O3/c1-10(18)16-5-7-17(8-6-16)14(19)11-3-4-12(15)13(9-11)20-2/h3-4,9H,5-8,15H2,1-2H3. The zero-order valence-corrected chi connectivity index (χ0v) is 11.8. The van der Waals surface area contributed by atoms with Gasteiger partial charge in [0.25, 0.3) is 5.91 Å². The van der Waals surface area contributed by atoms with Crippen LogP contribution in [0.2, 0.25) is 0 Å². The van der Waals surface area contributed by atoms with Crippen LogP contribution in [0.5, 0.6) is 5.75 Å². The Balaban J connectivity index is 2.07. The summed E-state index contributed by atoms with van der Waals surface area (Å²) in [5.41, 5.74) is 6.79. The van der Waals surface area contributed by atoms with E-state index in [1.165, 1.54) is 7.11 Å². The Morgan fingerprint density at radius 1 is 1.15 bits per heavy atom. The molecule has 1 fully saturated rings. The molecule has 108 valence electrons. The third-order valence-corrected chi connectivity index (χ3v) is 3.49. The van der Waals surface area contributed by atoms with Crippen LogP contribution in [0, 0.1) is 0 Å². The molecule has 6 nitrogen and oxygen atoms in total. The van der Waals surface area contributed by atoms with Gasteiger partial charge < -0.3 is 20.3 Å². The van der Waals surface area contributed by atoms with Crippen molar-refractivity contribution in [3.8, 4) is 5.75 Å². The largest absolute Gasteiger partial charge is 0.495 e. The number of nitrogens with two attached hydrogens (primary N) is 1. The Morgan fingerprint density at radius 3 is 2.30 bits per heavy atom. The first kappa shape index (κ1) is 14.2. The minimum Gasteiger partial charge on any atom is -0.495 e. The van der Waals surface area contributed by atoms with Gasteiger partial charge in [0, 0.05) is 38.7 Å². The molecule has 2 rings (SSSR count). The fraction of sp³-hybridized carbons (Fsp3) is 0.429. The molecule has 0 atom stereocenters. The first-order chi connectivity index (χ1) is 9.52. The van der Waals surface area contributed by atoms with Crippen LogP contribution in [0.3, 0.4) is 0 Å². The van der Waals surface area contributed by atoms with Crippen LogP contribution in [0.4, 0.5) is 5.69 Å². The SMILES string of the molecule is COc1cc(C(=O)N2CCN(C(C)=O)CC2)ccc1N. The number of hydrogen-bond donors (Lipinski definition) is 1. The van der Waals surface area contributed by atoms with E-state index in [4.69, 9.17) is 10.5 Å². The van der Waals surface area contributed by atoms with Gasteiger partial charge in [0.05, 0.1) is 12.8 Å². The van der Waals surface area contributed by atoms with Crippen molar-refractivity contribution in [2.45, 2.75) is 6.92 Å². The zero-order chi connectivity index (χ0) is 14.7. The van der Waals surface area contributed by atoms with Crippen LogP contribution >= 0.6 is 0 Å². The predicted molar refractivity (Wildman–Crippen MR) is 75.6 cm³/mol. The number of hydrogen-bond acceptors (Lipinski definition) is 4. The van der Waals surface area contributed by atoms with Crippen molar-refractivity contribution in [1.82, 2.24) is 9.80 Å². The number of anilines is 1. The molecule has 1 aliphatic heterocycles. The van der Waals surface area contributed by atoms with E-state index in [9.17, 15) is 9.59 Å². The molecule has 0 saturated carbocycles. The fourth-order valence-corrected chi connectivity index (χ4v) is 2.25. The quantitative estimate of drug-likeness (QED) is 0.802. The highest BCUT2D eigenvalue weighted by atomic mass is 16.5. The van der Waals surface area contributed by atoms with Crippen LogP contribution in [-0.4, -0.2) is 54.9 Å². The van der Waals surface area contributed by atoms with E-state index in [1.807, 2.05) is 0 Å². The van der Waals surface area contributed by atoms with Crippen molar-refractivity contribution in [1.29, 1.82) is 0 Å². The summed E-state index contributed by atoms with van der Waals surface area (Å²) in [7, 11) is 1.52. The van der Waals surface area contributed by atoms with E-state index in [1.54, 1.807) is 34.9 Å². The molecule has 2 N–H and O–H groups in total. The maximum Gasteiger partial charge on any atom is 0.254 e. The van der Waals surface area contributed by atoms with Crippen LogP contribution in [-0.2, 0) is 4.79 Å². The normalized spacial score (nSPS) is 15.1. The lowest BCUT2D eigenvalue weighted by Crippen LogP contribution is -2.50. The monoisotopic (exact) mass is 277 g/mol. The molecule has 20 heavy (non-hydrogen) atoms. The Labute approximate surface area is 118 Å². The summed E-state index contributed by atoms with van der Waals surface area (Å²) in [4.78, 5) is 27.1.